The Morgan fingerprint density at radius 3 is 2.48 bits per heavy atom. The fourth-order valence-corrected chi connectivity index (χ4v) is 2.35. The Morgan fingerprint density at radius 1 is 1.00 bits per heavy atom. The van der Waals surface area contributed by atoms with E-state index < -0.39 is 0 Å². The molecule has 0 saturated carbocycles. The maximum Gasteiger partial charge on any atom is 0.320 e. The van der Waals surface area contributed by atoms with Crippen molar-refractivity contribution in [1.82, 2.24) is 4.90 Å². The summed E-state index contributed by atoms with van der Waals surface area (Å²) < 4.78 is 5.92. The molecule has 0 aliphatic carbocycles. The summed E-state index contributed by atoms with van der Waals surface area (Å²) in [6, 6.07) is 18.0. The van der Waals surface area contributed by atoms with Gasteiger partial charge in [0.2, 0.25) is 0 Å². The van der Waals surface area contributed by atoms with Crippen molar-refractivity contribution >= 4 is 5.91 Å². The van der Waals surface area contributed by atoms with Gasteiger partial charge in [0.05, 0.1) is 12.8 Å². The highest BCUT2D eigenvalue weighted by Crippen LogP contribution is 2.13. The van der Waals surface area contributed by atoms with Crippen LogP contribution < -0.4 is 4.73 Å². The van der Waals surface area contributed by atoms with Crippen LogP contribution in [0.15, 0.2) is 77.5 Å². The molecule has 2 aromatic heterocycles. The first-order chi connectivity index (χ1) is 11.2. The van der Waals surface area contributed by atoms with Crippen LogP contribution in [0.2, 0.25) is 0 Å². The molecule has 23 heavy (non-hydrogen) atoms. The van der Waals surface area contributed by atoms with E-state index in [1.807, 2.05) is 36.4 Å². The van der Waals surface area contributed by atoms with Crippen molar-refractivity contribution in [2.45, 2.75) is 13.1 Å². The van der Waals surface area contributed by atoms with E-state index in [1.54, 1.807) is 29.4 Å². The number of rotatable bonds is 5. The average Bonchev–Trinajstić information content (AvgIpc) is 3.08. The van der Waals surface area contributed by atoms with Gasteiger partial charge >= 0.3 is 5.91 Å². The molecule has 0 spiro atoms. The molecule has 5 heteroatoms. The third-order valence-corrected chi connectivity index (χ3v) is 3.47. The average molecular weight is 308 g/mol. The smallest absolute Gasteiger partial charge is 0.320 e. The molecule has 0 fully saturated rings. The zero-order chi connectivity index (χ0) is 16.1. The first kappa shape index (κ1) is 14.8. The van der Waals surface area contributed by atoms with Gasteiger partial charge in [0.25, 0.3) is 5.69 Å². The van der Waals surface area contributed by atoms with Gasteiger partial charge < -0.3 is 14.5 Å². The van der Waals surface area contributed by atoms with Gasteiger partial charge in [-0.15, -0.1) is 0 Å². The Morgan fingerprint density at radius 2 is 1.78 bits per heavy atom. The molecule has 0 bridgehead atoms. The van der Waals surface area contributed by atoms with Crippen LogP contribution in [0, 0.1) is 5.21 Å². The molecule has 3 rings (SSSR count). The van der Waals surface area contributed by atoms with Crippen molar-refractivity contribution in [3.8, 4) is 0 Å². The monoisotopic (exact) mass is 308 g/mol. The standard InChI is InChI=1S/C18H16N2O3/c21-18(17-10-4-5-11-20(17)22)19(14-16-9-6-12-23-16)13-15-7-2-1-3-8-15/h1-12H,13-14H2. The molecule has 0 radical (unpaired) electrons. The predicted octanol–water partition coefficient (Wildman–Crippen LogP) is 2.76. The molecule has 1 amide bonds. The van der Waals surface area contributed by atoms with Gasteiger partial charge in [-0.25, -0.2) is 0 Å². The van der Waals surface area contributed by atoms with E-state index in [2.05, 4.69) is 0 Å². The number of carbonyl (C=O) groups excluding carboxylic acids is 1. The normalized spacial score (nSPS) is 10.4. The number of nitrogens with zero attached hydrogens (tertiary/aromatic N) is 2. The van der Waals surface area contributed by atoms with Crippen molar-refractivity contribution in [1.29, 1.82) is 0 Å². The minimum absolute atomic E-state index is 0.0926. The highest BCUT2D eigenvalue weighted by atomic mass is 16.5. The number of amides is 1. The van der Waals surface area contributed by atoms with Crippen molar-refractivity contribution in [3.63, 3.8) is 0 Å². The van der Waals surface area contributed by atoms with E-state index in [9.17, 15) is 10.0 Å². The summed E-state index contributed by atoms with van der Waals surface area (Å²) in [5.41, 5.74) is 1.08. The summed E-state index contributed by atoms with van der Waals surface area (Å²) in [6.45, 7) is 0.699. The molecule has 0 unspecified atom stereocenters. The Bertz CT molecular complexity index is 770. The van der Waals surface area contributed by atoms with Gasteiger partial charge in [-0.3, -0.25) is 4.79 Å². The molecule has 0 atom stereocenters. The Balaban J connectivity index is 1.88. The summed E-state index contributed by atoms with van der Waals surface area (Å²) in [5.74, 6) is 0.337. The number of pyridine rings is 1. The molecule has 3 aromatic rings. The molecule has 0 N–H and O–H groups in total. The fraction of sp³-hybridized carbons (Fsp3) is 0.111. The zero-order valence-electron chi connectivity index (χ0n) is 12.5. The summed E-state index contributed by atoms with van der Waals surface area (Å²) in [5, 5.41) is 11.9. The fourth-order valence-electron chi connectivity index (χ4n) is 2.35. The molecule has 0 aliphatic rings. The zero-order valence-corrected chi connectivity index (χ0v) is 12.5. The van der Waals surface area contributed by atoms with Gasteiger partial charge in [0.15, 0.2) is 6.20 Å². The van der Waals surface area contributed by atoms with Crippen LogP contribution in [0.3, 0.4) is 0 Å². The summed E-state index contributed by atoms with van der Waals surface area (Å²) in [6.07, 6.45) is 2.89. The summed E-state index contributed by atoms with van der Waals surface area (Å²) >= 11 is 0. The van der Waals surface area contributed by atoms with Crippen LogP contribution in [0.25, 0.3) is 0 Å². The van der Waals surface area contributed by atoms with Gasteiger partial charge in [-0.05, 0) is 23.8 Å². The molecule has 5 nitrogen and oxygen atoms in total. The number of benzene rings is 1. The third kappa shape index (κ3) is 3.58. The van der Waals surface area contributed by atoms with Crippen molar-refractivity contribution in [2.24, 2.45) is 0 Å². The summed E-state index contributed by atoms with van der Waals surface area (Å²) in [4.78, 5) is 14.4. The van der Waals surface area contributed by atoms with E-state index in [-0.39, 0.29) is 11.6 Å². The van der Waals surface area contributed by atoms with Crippen molar-refractivity contribution in [3.05, 3.63) is 95.3 Å². The quantitative estimate of drug-likeness (QED) is 0.538. The largest absolute Gasteiger partial charge is 0.618 e. The second kappa shape index (κ2) is 6.79. The van der Waals surface area contributed by atoms with Crippen molar-refractivity contribution < 1.29 is 13.9 Å². The van der Waals surface area contributed by atoms with Gasteiger partial charge in [-0.2, -0.15) is 4.73 Å². The highest BCUT2D eigenvalue weighted by Gasteiger charge is 2.23. The number of carbonyl (C=O) groups is 1. The summed E-state index contributed by atoms with van der Waals surface area (Å²) in [7, 11) is 0. The Hall–Kier alpha value is -3.08. The van der Waals surface area contributed by atoms with Crippen LogP contribution in [0.5, 0.6) is 0 Å². The van der Waals surface area contributed by atoms with Crippen LogP contribution in [-0.2, 0) is 13.1 Å². The van der Waals surface area contributed by atoms with E-state index in [0.717, 1.165) is 5.56 Å². The van der Waals surface area contributed by atoms with E-state index in [1.165, 1.54) is 12.3 Å². The molecule has 2 heterocycles. The van der Waals surface area contributed by atoms with Crippen LogP contribution >= 0.6 is 0 Å². The molecule has 0 saturated heterocycles. The lowest BCUT2D eigenvalue weighted by Gasteiger charge is -2.21. The number of hydrogen-bond donors (Lipinski definition) is 0. The van der Waals surface area contributed by atoms with Crippen molar-refractivity contribution in [2.75, 3.05) is 0 Å². The van der Waals surface area contributed by atoms with Crippen LogP contribution in [0.1, 0.15) is 21.8 Å². The minimum atomic E-state index is -0.333. The number of aromatic nitrogens is 1. The molecule has 0 aliphatic heterocycles. The van der Waals surface area contributed by atoms with Crippen LogP contribution in [0.4, 0.5) is 0 Å². The second-order valence-electron chi connectivity index (χ2n) is 5.14. The van der Waals surface area contributed by atoms with Gasteiger partial charge in [0.1, 0.15) is 5.76 Å². The third-order valence-electron chi connectivity index (χ3n) is 3.47. The predicted molar refractivity (Wildman–Crippen MR) is 84.1 cm³/mol. The highest BCUT2D eigenvalue weighted by molar-refractivity contribution is 5.90. The molecular weight excluding hydrogens is 292 g/mol. The Kier molecular flexibility index (Phi) is 4.38. The number of hydrogen-bond acceptors (Lipinski definition) is 3. The molecule has 1 aromatic carbocycles. The maximum atomic E-state index is 12.8. The van der Waals surface area contributed by atoms with E-state index >= 15 is 0 Å². The minimum Gasteiger partial charge on any atom is -0.618 e. The Labute approximate surface area is 134 Å². The lowest BCUT2D eigenvalue weighted by molar-refractivity contribution is -0.608. The first-order valence-corrected chi connectivity index (χ1v) is 7.28. The van der Waals surface area contributed by atoms with Crippen LogP contribution in [-0.4, -0.2) is 10.8 Å². The second-order valence-corrected chi connectivity index (χ2v) is 5.14. The topological polar surface area (TPSA) is 60.4 Å². The van der Waals surface area contributed by atoms with Gasteiger partial charge in [0, 0.05) is 18.7 Å². The molecule has 116 valence electrons. The number of furan rings is 1. The molecular formula is C18H16N2O3. The van der Waals surface area contributed by atoms with Gasteiger partial charge in [-0.1, -0.05) is 30.3 Å². The van der Waals surface area contributed by atoms with E-state index in [4.69, 9.17) is 4.42 Å². The maximum absolute atomic E-state index is 12.8. The first-order valence-electron chi connectivity index (χ1n) is 7.28. The SMILES string of the molecule is O=C(c1cccc[n+]1[O-])N(Cc1ccccc1)Cc1ccco1. The lowest BCUT2D eigenvalue weighted by Crippen LogP contribution is -2.40. The van der Waals surface area contributed by atoms with E-state index in [0.29, 0.717) is 23.6 Å². The lowest BCUT2D eigenvalue weighted by atomic mass is 10.2.